The maximum absolute atomic E-state index is 14.4. The Kier molecular flexibility index (Phi) is 25.2. The van der Waals surface area contributed by atoms with Gasteiger partial charge in [0.2, 0.25) is 23.6 Å². The molecule has 17 nitrogen and oxygen atoms in total. The Morgan fingerprint density at radius 1 is 0.593 bits per heavy atom. The topological polar surface area (TPSA) is 221 Å². The quantitative estimate of drug-likeness (QED) is 0.0401. The number of carbonyl (C=O) groups is 4. The van der Waals surface area contributed by atoms with Crippen molar-refractivity contribution in [1.82, 2.24) is 21.3 Å². The normalized spacial score (nSPS) is 19.4. The van der Waals surface area contributed by atoms with E-state index >= 15 is 0 Å². The Bertz CT molecular complexity index is 1330. The average molecular weight is 852 g/mol. The lowest BCUT2D eigenvalue weighted by atomic mass is 9.58. The first-order valence-electron chi connectivity index (χ1n) is 20.2. The number of amides is 4. The number of rotatable bonds is 34. The predicted molar refractivity (Wildman–Crippen MR) is 216 cm³/mol. The van der Waals surface area contributed by atoms with Crippen molar-refractivity contribution < 1.29 is 61.6 Å². The van der Waals surface area contributed by atoms with Crippen molar-refractivity contribution in [3.63, 3.8) is 0 Å². The number of hydrogen-bond acceptors (Lipinski definition) is 13. The molecule has 0 aromatic heterocycles. The lowest BCUT2D eigenvalue weighted by Crippen LogP contribution is -2.59. The highest BCUT2D eigenvalue weighted by molar-refractivity contribution is 7.50. The molecule has 3 aliphatic rings. The van der Waals surface area contributed by atoms with Crippen LogP contribution in [0.15, 0.2) is 0 Å². The van der Waals surface area contributed by atoms with Crippen molar-refractivity contribution in [3.05, 3.63) is 0 Å². The maximum Gasteiger partial charge on any atom is 0.226 e. The van der Waals surface area contributed by atoms with Crippen LogP contribution in [0.25, 0.3) is 0 Å². The largest absolute Gasteiger partial charge is 0.779 e. The van der Waals surface area contributed by atoms with Gasteiger partial charge in [-0.15, -0.1) is 19.3 Å². The molecule has 0 radical (unpaired) electrons. The Morgan fingerprint density at radius 3 is 1.25 bits per heavy atom. The molecule has 0 heterocycles. The molecule has 0 aliphatic heterocycles. The molecule has 0 aromatic rings. The minimum atomic E-state index is -4.01. The molecule has 0 saturated heterocycles. The van der Waals surface area contributed by atoms with Crippen molar-refractivity contribution in [3.8, 4) is 37.0 Å². The van der Waals surface area contributed by atoms with Crippen LogP contribution in [0.5, 0.6) is 0 Å². The van der Waals surface area contributed by atoms with Gasteiger partial charge in [0.1, 0.15) is 27.4 Å². The zero-order valence-corrected chi connectivity index (χ0v) is 35.5. The van der Waals surface area contributed by atoms with E-state index in [0.29, 0.717) is 78.2 Å². The summed E-state index contributed by atoms with van der Waals surface area (Å²) in [5.74, 6) is 5.97. The number of nitrogens with one attached hydrogen (secondary N) is 4. The highest BCUT2D eigenvalue weighted by Crippen LogP contribution is 2.58. The minimum absolute atomic E-state index is 0.0147. The van der Waals surface area contributed by atoms with Crippen LogP contribution in [0, 0.1) is 42.4 Å². The maximum atomic E-state index is 14.4. The average Bonchev–Trinajstić information content (AvgIpc) is 3.21. The molecule has 18 heteroatoms. The van der Waals surface area contributed by atoms with Crippen molar-refractivity contribution in [2.75, 3.05) is 106 Å². The third-order valence-corrected chi connectivity index (χ3v) is 11.0. The molecule has 4 amide bonds. The Morgan fingerprint density at radius 2 is 0.932 bits per heavy atom. The molecular weight excluding hydrogens is 787 g/mol. The van der Waals surface area contributed by atoms with Gasteiger partial charge in [0.05, 0.1) is 65.1 Å². The molecule has 0 aromatic carbocycles. The summed E-state index contributed by atoms with van der Waals surface area (Å²) in [5, 5.41) is 11.7. The first kappa shape index (κ1) is 51.6. The van der Waals surface area contributed by atoms with Crippen LogP contribution in [0.1, 0.15) is 77.0 Å². The Hall–Kier alpha value is -3.53. The fourth-order valence-corrected chi connectivity index (χ4v) is 8.06. The summed E-state index contributed by atoms with van der Waals surface area (Å²) < 4.78 is 49.6. The van der Waals surface area contributed by atoms with Crippen molar-refractivity contribution in [2.24, 2.45) is 5.41 Å². The van der Waals surface area contributed by atoms with E-state index in [2.05, 4.69) is 39.0 Å². The van der Waals surface area contributed by atoms with Crippen molar-refractivity contribution in [1.29, 1.82) is 0 Å². The Balaban J connectivity index is 2.17. The van der Waals surface area contributed by atoms with Gasteiger partial charge in [-0.2, -0.15) is 0 Å². The van der Waals surface area contributed by atoms with E-state index in [4.69, 9.17) is 52.2 Å². The Labute approximate surface area is 349 Å². The fourth-order valence-electron chi connectivity index (χ4n) is 7.08. The number of ether oxygens (including phenoxy) is 6. The van der Waals surface area contributed by atoms with E-state index < -0.39 is 24.2 Å². The van der Waals surface area contributed by atoms with E-state index in [1.807, 2.05) is 0 Å². The van der Waals surface area contributed by atoms with Gasteiger partial charge in [-0.3, -0.25) is 19.2 Å². The second-order valence-corrected chi connectivity index (χ2v) is 16.4. The summed E-state index contributed by atoms with van der Waals surface area (Å²) in [6.45, 7) is 4.88. The van der Waals surface area contributed by atoms with Gasteiger partial charge < -0.3 is 63.7 Å². The molecule has 1 unspecified atom stereocenters. The zero-order chi connectivity index (χ0) is 43.3. The molecule has 0 spiro atoms. The highest BCUT2D eigenvalue weighted by atomic mass is 31.2. The predicted octanol–water partition coefficient (Wildman–Crippen LogP) is 0.823. The second kappa shape index (κ2) is 28.9. The molecule has 4 N–H and O–H groups in total. The van der Waals surface area contributed by atoms with Crippen LogP contribution in [0.4, 0.5) is 0 Å². The number of carbonyl (C=O) groups excluding carboxylic acids is 4. The molecule has 3 aliphatic carbocycles. The molecular formula is C41H64N4O13P-. The van der Waals surface area contributed by atoms with Gasteiger partial charge in [-0.05, 0) is 57.8 Å². The SMILES string of the molecule is C#CCOCCOCCNC(=O)CCC(CCC(=O)NCCOCCOCC#C)(CCC(=O)NCCOCCOCC#C)NC(=O)C12CCC(OP(C)(=O)[O-])(CC1)CC2. The van der Waals surface area contributed by atoms with E-state index in [1.165, 1.54) is 0 Å². The summed E-state index contributed by atoms with van der Waals surface area (Å²) in [5.41, 5.74) is -2.77. The molecule has 59 heavy (non-hydrogen) atoms. The third-order valence-electron chi connectivity index (χ3n) is 10.3. The van der Waals surface area contributed by atoms with Gasteiger partial charge in [0, 0.05) is 56.5 Å². The third kappa shape index (κ3) is 22.0. The van der Waals surface area contributed by atoms with Gasteiger partial charge >= 0.3 is 0 Å². The number of fused-ring (bicyclic) bond motifs is 3. The lowest BCUT2D eigenvalue weighted by molar-refractivity contribution is -0.216. The van der Waals surface area contributed by atoms with Crippen LogP contribution in [-0.2, 0) is 56.7 Å². The van der Waals surface area contributed by atoms with Gasteiger partial charge in [0.25, 0.3) is 0 Å². The molecule has 1 atom stereocenters. The first-order chi connectivity index (χ1) is 28.3. The lowest BCUT2D eigenvalue weighted by Gasteiger charge is -2.54. The highest BCUT2D eigenvalue weighted by Gasteiger charge is 2.54. The fraction of sp³-hybridized carbons (Fsp3) is 0.756. The minimum Gasteiger partial charge on any atom is -0.779 e. The van der Waals surface area contributed by atoms with E-state index in [1.54, 1.807) is 0 Å². The van der Waals surface area contributed by atoms with E-state index in [-0.39, 0.29) is 121 Å². The van der Waals surface area contributed by atoms with Crippen LogP contribution in [-0.4, -0.2) is 140 Å². The summed E-state index contributed by atoms with van der Waals surface area (Å²) in [6, 6.07) is 0. The first-order valence-corrected chi connectivity index (χ1v) is 22.2. The monoisotopic (exact) mass is 851 g/mol. The van der Waals surface area contributed by atoms with Crippen LogP contribution in [0.3, 0.4) is 0 Å². The summed E-state index contributed by atoms with van der Waals surface area (Å²) >= 11 is 0. The van der Waals surface area contributed by atoms with Crippen molar-refractivity contribution in [2.45, 2.75) is 88.2 Å². The van der Waals surface area contributed by atoms with Crippen LogP contribution < -0.4 is 26.2 Å². The summed E-state index contributed by atoms with van der Waals surface area (Å²) in [4.78, 5) is 66.0. The van der Waals surface area contributed by atoms with Gasteiger partial charge in [-0.25, -0.2) is 0 Å². The number of hydrogen-bond donors (Lipinski definition) is 4. The second-order valence-electron chi connectivity index (χ2n) is 14.7. The van der Waals surface area contributed by atoms with E-state index in [0.717, 1.165) is 6.66 Å². The summed E-state index contributed by atoms with van der Waals surface area (Å²) in [7, 11) is -4.01. The number of terminal acetylenes is 3. The van der Waals surface area contributed by atoms with E-state index in [9.17, 15) is 28.6 Å². The zero-order valence-electron chi connectivity index (χ0n) is 34.6. The smallest absolute Gasteiger partial charge is 0.226 e. The van der Waals surface area contributed by atoms with Crippen LogP contribution >= 0.6 is 7.60 Å². The molecule has 2 bridgehead atoms. The molecule has 3 fully saturated rings. The standard InChI is InChI=1S/C41H65N4O13P/c1-5-23-52-29-32-55-26-20-42-35(46)8-11-40(12-9-36(47)43-21-27-56-33-30-53-24-6-2,13-10-37(48)44-22-28-57-34-31-54-25-7-3)45-38(49)39-14-17-41(18-15-39,19-16-39)58-59(4,50)51/h1-3H,8-34H2,4H3,(H,42,46)(H,43,47)(H,44,48)(H,45,49)(H,50,51)/p-1. The molecule has 3 rings (SSSR count). The summed E-state index contributed by atoms with van der Waals surface area (Å²) in [6.07, 6.45) is 18.3. The van der Waals surface area contributed by atoms with Crippen LogP contribution in [0.2, 0.25) is 0 Å². The van der Waals surface area contributed by atoms with Gasteiger partial charge in [-0.1, -0.05) is 17.8 Å². The molecule has 332 valence electrons. The van der Waals surface area contributed by atoms with Crippen molar-refractivity contribution >= 4 is 31.2 Å². The molecule has 3 saturated carbocycles. The van der Waals surface area contributed by atoms with Gasteiger partial charge in [0.15, 0.2) is 0 Å².